The summed E-state index contributed by atoms with van der Waals surface area (Å²) in [6, 6.07) is -1.13. The Hall–Kier alpha value is -1.30. The summed E-state index contributed by atoms with van der Waals surface area (Å²) in [6.45, 7) is 8.08. The van der Waals surface area contributed by atoms with Gasteiger partial charge in [-0.15, -0.1) is 0 Å². The number of nitrogens with zero attached hydrogens (tertiary/aromatic N) is 1. The molecule has 0 saturated carbocycles. The molecule has 0 aromatic rings. The highest BCUT2D eigenvalue weighted by molar-refractivity contribution is 5.80. The van der Waals surface area contributed by atoms with Crippen LogP contribution in [0.25, 0.3) is 0 Å². The summed E-state index contributed by atoms with van der Waals surface area (Å²) in [6.07, 6.45) is -0.794. The lowest BCUT2D eigenvalue weighted by atomic mass is 9.98. The van der Waals surface area contributed by atoms with Crippen LogP contribution in [-0.2, 0) is 9.53 Å². The Morgan fingerprint density at radius 2 is 1.67 bits per heavy atom. The van der Waals surface area contributed by atoms with Gasteiger partial charge in [0.05, 0.1) is 5.60 Å². The van der Waals surface area contributed by atoms with Crippen molar-refractivity contribution in [2.45, 2.75) is 58.3 Å². The molecule has 2 N–H and O–H groups in total. The van der Waals surface area contributed by atoms with Crippen LogP contribution in [0.15, 0.2) is 0 Å². The molecule has 6 heteroatoms. The molecule has 0 radical (unpaired) electrons. The summed E-state index contributed by atoms with van der Waals surface area (Å²) in [7, 11) is 1.35. The van der Waals surface area contributed by atoms with Gasteiger partial charge in [0, 0.05) is 13.5 Å². The van der Waals surface area contributed by atoms with E-state index in [4.69, 9.17) is 9.84 Å². The van der Waals surface area contributed by atoms with Crippen molar-refractivity contribution in [2.24, 2.45) is 0 Å². The van der Waals surface area contributed by atoms with Crippen molar-refractivity contribution < 1.29 is 24.5 Å². The SMILES string of the molecule is CN(C(=O)OC(C)(C)C)[C@@H](CC(C)(C)O)C(=O)O. The van der Waals surface area contributed by atoms with Crippen LogP contribution >= 0.6 is 0 Å². The zero-order valence-corrected chi connectivity index (χ0v) is 11.9. The molecule has 6 nitrogen and oxygen atoms in total. The van der Waals surface area contributed by atoms with Gasteiger partial charge in [-0.05, 0) is 34.6 Å². The Bertz CT molecular complexity index is 313. The molecule has 0 unspecified atom stereocenters. The number of rotatable bonds is 4. The number of amides is 1. The van der Waals surface area contributed by atoms with E-state index >= 15 is 0 Å². The van der Waals surface area contributed by atoms with Gasteiger partial charge in [0.1, 0.15) is 11.6 Å². The number of aliphatic hydroxyl groups is 1. The van der Waals surface area contributed by atoms with Crippen LogP contribution in [0, 0.1) is 0 Å². The topological polar surface area (TPSA) is 87.1 Å². The molecule has 0 saturated heterocycles. The fraction of sp³-hybridized carbons (Fsp3) is 0.833. The fourth-order valence-corrected chi connectivity index (χ4v) is 1.32. The molecule has 0 aliphatic rings. The molecule has 0 bridgehead atoms. The Balaban J connectivity index is 4.83. The number of carboxylic acids is 1. The fourth-order valence-electron chi connectivity index (χ4n) is 1.32. The quantitative estimate of drug-likeness (QED) is 0.800. The van der Waals surface area contributed by atoms with E-state index in [1.807, 2.05) is 0 Å². The van der Waals surface area contributed by atoms with Crippen molar-refractivity contribution in [3.05, 3.63) is 0 Å². The third-order valence-corrected chi connectivity index (χ3v) is 2.13. The number of carbonyl (C=O) groups excluding carboxylic acids is 1. The smallest absolute Gasteiger partial charge is 0.410 e. The standard InChI is InChI=1S/C12H23NO5/c1-11(2,3)18-10(16)13(6)8(9(14)15)7-12(4,5)17/h8,17H,7H2,1-6H3,(H,14,15)/t8-/m0/s1. The Morgan fingerprint density at radius 1 is 1.22 bits per heavy atom. The first-order valence-corrected chi connectivity index (χ1v) is 5.74. The molecule has 0 aromatic carbocycles. The van der Waals surface area contributed by atoms with Crippen LogP contribution in [0.4, 0.5) is 4.79 Å². The molecule has 0 spiro atoms. The summed E-state index contributed by atoms with van der Waals surface area (Å²) in [5.41, 5.74) is -1.87. The number of hydrogen-bond acceptors (Lipinski definition) is 4. The molecule has 0 fully saturated rings. The summed E-state index contributed by atoms with van der Waals surface area (Å²) < 4.78 is 5.09. The van der Waals surface area contributed by atoms with Crippen molar-refractivity contribution >= 4 is 12.1 Å². The molecule has 0 aromatic heterocycles. The highest BCUT2D eigenvalue weighted by atomic mass is 16.6. The van der Waals surface area contributed by atoms with Crippen molar-refractivity contribution in [3.8, 4) is 0 Å². The van der Waals surface area contributed by atoms with Crippen molar-refractivity contribution in [1.29, 1.82) is 0 Å². The number of carboxylic acid groups (broad SMARTS) is 1. The lowest BCUT2D eigenvalue weighted by Crippen LogP contribution is -2.47. The number of likely N-dealkylation sites (N-methyl/N-ethyl adjacent to an activating group) is 1. The van der Waals surface area contributed by atoms with Crippen molar-refractivity contribution in [3.63, 3.8) is 0 Å². The van der Waals surface area contributed by atoms with Crippen LogP contribution in [0.3, 0.4) is 0 Å². The molecule has 0 aliphatic heterocycles. The second kappa shape index (κ2) is 5.56. The number of carbonyl (C=O) groups is 2. The van der Waals surface area contributed by atoms with Crippen LogP contribution in [0.2, 0.25) is 0 Å². The number of hydrogen-bond donors (Lipinski definition) is 2. The van der Waals surface area contributed by atoms with Gasteiger partial charge in [0.2, 0.25) is 0 Å². The molecular weight excluding hydrogens is 238 g/mol. The monoisotopic (exact) mass is 261 g/mol. The summed E-state index contributed by atoms with van der Waals surface area (Å²) in [5.74, 6) is -1.18. The lowest BCUT2D eigenvalue weighted by Gasteiger charge is -2.31. The molecule has 0 rings (SSSR count). The summed E-state index contributed by atoms with van der Waals surface area (Å²) in [5, 5.41) is 18.8. The molecular formula is C12H23NO5. The average Bonchev–Trinajstić information content (AvgIpc) is 2.08. The van der Waals surface area contributed by atoms with Crippen molar-refractivity contribution in [1.82, 2.24) is 4.90 Å². The number of ether oxygens (including phenoxy) is 1. The highest BCUT2D eigenvalue weighted by Crippen LogP contribution is 2.17. The Morgan fingerprint density at radius 3 is 1.94 bits per heavy atom. The first-order valence-electron chi connectivity index (χ1n) is 5.74. The maximum Gasteiger partial charge on any atom is 0.410 e. The van der Waals surface area contributed by atoms with Gasteiger partial charge in [-0.2, -0.15) is 0 Å². The van der Waals surface area contributed by atoms with Crippen LogP contribution in [0.1, 0.15) is 41.0 Å². The molecule has 1 amide bonds. The molecule has 18 heavy (non-hydrogen) atoms. The van der Waals surface area contributed by atoms with Gasteiger partial charge in [0.15, 0.2) is 0 Å². The van der Waals surface area contributed by atoms with Gasteiger partial charge in [-0.1, -0.05) is 0 Å². The van der Waals surface area contributed by atoms with E-state index in [1.54, 1.807) is 20.8 Å². The molecule has 0 aliphatic carbocycles. The highest BCUT2D eigenvalue weighted by Gasteiger charge is 2.33. The van der Waals surface area contributed by atoms with Gasteiger partial charge in [-0.25, -0.2) is 9.59 Å². The second-order valence-corrected chi connectivity index (χ2v) is 5.96. The Labute approximate surface area is 108 Å². The van der Waals surface area contributed by atoms with E-state index in [2.05, 4.69) is 0 Å². The first-order chi connectivity index (χ1) is 7.83. The zero-order chi connectivity index (χ0) is 14.7. The molecule has 0 heterocycles. The van der Waals surface area contributed by atoms with Gasteiger partial charge >= 0.3 is 12.1 Å². The van der Waals surface area contributed by atoms with E-state index in [0.29, 0.717) is 0 Å². The average molecular weight is 261 g/mol. The second-order valence-electron chi connectivity index (χ2n) is 5.96. The minimum Gasteiger partial charge on any atom is -0.480 e. The largest absolute Gasteiger partial charge is 0.480 e. The maximum atomic E-state index is 11.7. The van der Waals surface area contributed by atoms with E-state index < -0.39 is 29.3 Å². The van der Waals surface area contributed by atoms with E-state index in [1.165, 1.54) is 20.9 Å². The van der Waals surface area contributed by atoms with Crippen LogP contribution in [-0.4, -0.2) is 51.5 Å². The third-order valence-electron chi connectivity index (χ3n) is 2.13. The van der Waals surface area contributed by atoms with Gasteiger partial charge in [0.25, 0.3) is 0 Å². The zero-order valence-electron chi connectivity index (χ0n) is 11.9. The summed E-state index contributed by atoms with van der Waals surface area (Å²) in [4.78, 5) is 23.9. The molecule has 1 atom stereocenters. The minimum atomic E-state index is -1.18. The van der Waals surface area contributed by atoms with Gasteiger partial charge in [-0.3, -0.25) is 4.90 Å². The predicted octanol–water partition coefficient (Wildman–Crippen LogP) is 1.47. The van der Waals surface area contributed by atoms with Gasteiger partial charge < -0.3 is 14.9 Å². The summed E-state index contributed by atoms with van der Waals surface area (Å²) >= 11 is 0. The molecule has 106 valence electrons. The van der Waals surface area contributed by atoms with Crippen molar-refractivity contribution in [2.75, 3.05) is 7.05 Å². The normalized spacial score (nSPS) is 13.9. The predicted molar refractivity (Wildman–Crippen MR) is 66.3 cm³/mol. The lowest BCUT2D eigenvalue weighted by molar-refractivity contribution is -0.144. The third kappa shape index (κ3) is 6.44. The number of aliphatic carboxylic acids is 1. The van der Waals surface area contributed by atoms with Crippen LogP contribution < -0.4 is 0 Å². The van der Waals surface area contributed by atoms with E-state index in [0.717, 1.165) is 4.90 Å². The maximum absolute atomic E-state index is 11.7. The first kappa shape index (κ1) is 16.7. The van der Waals surface area contributed by atoms with E-state index in [9.17, 15) is 14.7 Å². The van der Waals surface area contributed by atoms with E-state index in [-0.39, 0.29) is 6.42 Å². The Kier molecular flexibility index (Phi) is 5.16. The van der Waals surface area contributed by atoms with Crippen LogP contribution in [0.5, 0.6) is 0 Å². The minimum absolute atomic E-state index is 0.0714.